The molecule has 0 radical (unpaired) electrons. The largest absolute Gasteiger partial charge is 0.330 e. The van der Waals surface area contributed by atoms with Gasteiger partial charge < -0.3 is 4.57 Å². The van der Waals surface area contributed by atoms with Gasteiger partial charge in [0.2, 0.25) is 0 Å². The molecule has 1 aliphatic heterocycles. The predicted molar refractivity (Wildman–Crippen MR) is 49.7 cm³/mol. The van der Waals surface area contributed by atoms with Crippen molar-refractivity contribution >= 4 is 11.6 Å². The van der Waals surface area contributed by atoms with Crippen molar-refractivity contribution in [2.45, 2.75) is 38.1 Å². The molecule has 2 rings (SSSR count). The van der Waals surface area contributed by atoms with E-state index in [1.54, 1.807) is 0 Å². The van der Waals surface area contributed by atoms with Crippen molar-refractivity contribution in [1.82, 2.24) is 9.55 Å². The summed E-state index contributed by atoms with van der Waals surface area (Å²) in [7, 11) is 0. The van der Waals surface area contributed by atoms with Gasteiger partial charge in [0.15, 0.2) is 0 Å². The van der Waals surface area contributed by atoms with Crippen LogP contribution in [0.5, 0.6) is 0 Å². The molecule has 0 atom stereocenters. The smallest absolute Gasteiger partial charge is 0.282 e. The highest BCUT2D eigenvalue weighted by Gasteiger charge is 2.23. The van der Waals surface area contributed by atoms with Gasteiger partial charge in [0.1, 0.15) is 11.5 Å². The van der Waals surface area contributed by atoms with Crippen LogP contribution in [0.2, 0.25) is 0 Å². The molecule has 1 aromatic heterocycles. The summed E-state index contributed by atoms with van der Waals surface area (Å²) in [4.78, 5) is 3.95. The van der Waals surface area contributed by atoms with Crippen molar-refractivity contribution < 1.29 is 8.78 Å². The topological polar surface area (TPSA) is 17.8 Å². The van der Waals surface area contributed by atoms with Crippen molar-refractivity contribution in [2.75, 3.05) is 0 Å². The van der Waals surface area contributed by atoms with E-state index in [2.05, 4.69) is 4.98 Å². The first kappa shape index (κ1) is 9.90. The molecule has 1 aliphatic rings. The third-order valence-electron chi connectivity index (χ3n) is 2.55. The van der Waals surface area contributed by atoms with E-state index in [0.717, 1.165) is 31.6 Å². The Hall–Kier alpha value is -0.640. The minimum absolute atomic E-state index is 0.118. The van der Waals surface area contributed by atoms with Gasteiger partial charge >= 0.3 is 0 Å². The van der Waals surface area contributed by atoms with Crippen molar-refractivity contribution in [3.05, 3.63) is 17.2 Å². The zero-order chi connectivity index (χ0) is 10.1. The molecular weight excluding hydrogens is 210 g/mol. The number of alkyl halides is 3. The van der Waals surface area contributed by atoms with Crippen LogP contribution >= 0.6 is 11.6 Å². The number of hydrogen-bond acceptors (Lipinski definition) is 1. The molecule has 0 aromatic carbocycles. The number of aromatic nitrogens is 2. The minimum atomic E-state index is -2.51. The molecule has 0 aliphatic carbocycles. The van der Waals surface area contributed by atoms with Crippen LogP contribution in [0.25, 0.3) is 0 Å². The van der Waals surface area contributed by atoms with Crippen LogP contribution in [0, 0.1) is 0 Å². The summed E-state index contributed by atoms with van der Waals surface area (Å²) in [5.74, 6) is 0.884. The fourth-order valence-corrected chi connectivity index (χ4v) is 2.16. The molecule has 1 aromatic rings. The number of rotatable bonds is 2. The number of aryl methyl sites for hydroxylation is 1. The van der Waals surface area contributed by atoms with Crippen molar-refractivity contribution in [3.8, 4) is 0 Å². The van der Waals surface area contributed by atoms with Gasteiger partial charge in [0.25, 0.3) is 6.43 Å². The molecular formula is C9H11ClF2N2. The average molecular weight is 221 g/mol. The maximum absolute atomic E-state index is 12.6. The zero-order valence-electron chi connectivity index (χ0n) is 7.64. The van der Waals surface area contributed by atoms with Gasteiger partial charge in [-0.2, -0.15) is 0 Å². The van der Waals surface area contributed by atoms with Gasteiger partial charge in [-0.1, -0.05) is 0 Å². The van der Waals surface area contributed by atoms with Crippen molar-refractivity contribution in [2.24, 2.45) is 0 Å². The molecule has 0 bridgehead atoms. The van der Waals surface area contributed by atoms with Crippen molar-refractivity contribution in [3.63, 3.8) is 0 Å². The molecule has 14 heavy (non-hydrogen) atoms. The standard InChI is InChI=1S/C9H11ClF2N2/c10-5-6-8(9(11)12)13-7-3-1-2-4-14(6)7/h9H,1-5H2. The molecule has 78 valence electrons. The molecule has 0 unspecified atom stereocenters. The van der Waals surface area contributed by atoms with E-state index in [1.165, 1.54) is 0 Å². The second-order valence-electron chi connectivity index (χ2n) is 3.40. The maximum Gasteiger partial charge on any atom is 0.282 e. The molecule has 2 heterocycles. The quantitative estimate of drug-likeness (QED) is 0.701. The Balaban J connectivity index is 2.46. The average Bonchev–Trinajstić information content (AvgIpc) is 2.56. The number of fused-ring (bicyclic) bond motifs is 1. The fourth-order valence-electron chi connectivity index (χ4n) is 1.88. The van der Waals surface area contributed by atoms with E-state index >= 15 is 0 Å². The first-order valence-corrected chi connectivity index (χ1v) is 5.19. The third kappa shape index (κ3) is 1.52. The van der Waals surface area contributed by atoms with Crippen LogP contribution in [0.15, 0.2) is 0 Å². The second kappa shape index (κ2) is 3.85. The SMILES string of the molecule is FC(F)c1nc2n(c1CCl)CCCC2. The van der Waals surface area contributed by atoms with Gasteiger partial charge in [0, 0.05) is 13.0 Å². The Morgan fingerprint density at radius 3 is 2.86 bits per heavy atom. The lowest BCUT2D eigenvalue weighted by Gasteiger charge is -2.15. The van der Waals surface area contributed by atoms with Crippen LogP contribution in [0.3, 0.4) is 0 Å². The Bertz CT molecular complexity index is 336. The van der Waals surface area contributed by atoms with Gasteiger partial charge in [0.05, 0.1) is 11.6 Å². The zero-order valence-corrected chi connectivity index (χ0v) is 8.40. The highest BCUT2D eigenvalue weighted by atomic mass is 35.5. The highest BCUT2D eigenvalue weighted by Crippen LogP contribution is 2.27. The van der Waals surface area contributed by atoms with E-state index in [4.69, 9.17) is 11.6 Å². The van der Waals surface area contributed by atoms with Gasteiger partial charge in [-0.15, -0.1) is 11.6 Å². The minimum Gasteiger partial charge on any atom is -0.330 e. The number of imidazole rings is 1. The van der Waals surface area contributed by atoms with E-state index in [0.29, 0.717) is 5.69 Å². The second-order valence-corrected chi connectivity index (χ2v) is 3.67. The molecule has 0 amide bonds. The summed E-state index contributed by atoms with van der Waals surface area (Å²) < 4.78 is 27.0. The molecule has 0 spiro atoms. The van der Waals surface area contributed by atoms with Crippen molar-refractivity contribution in [1.29, 1.82) is 0 Å². The summed E-state index contributed by atoms with van der Waals surface area (Å²) in [6.45, 7) is 0.775. The Morgan fingerprint density at radius 2 is 2.21 bits per heavy atom. The summed E-state index contributed by atoms with van der Waals surface area (Å²) in [5.41, 5.74) is 0.369. The van der Waals surface area contributed by atoms with E-state index < -0.39 is 6.43 Å². The first-order chi connectivity index (χ1) is 6.74. The highest BCUT2D eigenvalue weighted by molar-refractivity contribution is 6.17. The third-order valence-corrected chi connectivity index (χ3v) is 2.80. The number of nitrogens with zero attached hydrogens (tertiary/aromatic N) is 2. The first-order valence-electron chi connectivity index (χ1n) is 4.66. The van der Waals surface area contributed by atoms with Gasteiger partial charge in [-0.05, 0) is 12.8 Å². The summed E-state index contributed by atoms with van der Waals surface area (Å²) in [6, 6.07) is 0. The molecule has 0 saturated carbocycles. The molecule has 0 saturated heterocycles. The summed E-state index contributed by atoms with van der Waals surface area (Å²) in [5, 5.41) is 0. The molecule has 2 nitrogen and oxygen atoms in total. The lowest BCUT2D eigenvalue weighted by Crippen LogP contribution is -2.12. The van der Waals surface area contributed by atoms with Gasteiger partial charge in [-0.25, -0.2) is 13.8 Å². The van der Waals surface area contributed by atoms with Crippen LogP contribution < -0.4 is 0 Å². The lowest BCUT2D eigenvalue weighted by atomic mass is 10.2. The molecule has 0 N–H and O–H groups in total. The fraction of sp³-hybridized carbons (Fsp3) is 0.667. The maximum atomic E-state index is 12.6. The van der Waals surface area contributed by atoms with Crippen LogP contribution in [-0.4, -0.2) is 9.55 Å². The Morgan fingerprint density at radius 1 is 1.43 bits per heavy atom. The van der Waals surface area contributed by atoms with E-state index in [9.17, 15) is 8.78 Å². The Kier molecular flexibility index (Phi) is 2.72. The molecule has 0 fully saturated rings. The monoisotopic (exact) mass is 220 g/mol. The van der Waals surface area contributed by atoms with Crippen LogP contribution in [0.4, 0.5) is 8.78 Å². The van der Waals surface area contributed by atoms with E-state index in [1.807, 2.05) is 4.57 Å². The normalized spacial score (nSPS) is 16.0. The number of halogens is 3. The van der Waals surface area contributed by atoms with E-state index in [-0.39, 0.29) is 11.6 Å². The van der Waals surface area contributed by atoms with Crippen LogP contribution in [0.1, 0.15) is 36.5 Å². The Labute approximate surface area is 85.9 Å². The summed E-state index contributed by atoms with van der Waals surface area (Å²) >= 11 is 5.66. The van der Waals surface area contributed by atoms with Gasteiger partial charge in [-0.3, -0.25) is 0 Å². The van der Waals surface area contributed by atoms with Crippen LogP contribution in [-0.2, 0) is 18.8 Å². The summed E-state index contributed by atoms with van der Waals surface area (Å²) in [6.07, 6.45) is 0.329. The number of hydrogen-bond donors (Lipinski definition) is 0. The predicted octanol–water partition coefficient (Wildman–Crippen LogP) is 2.90. The lowest BCUT2D eigenvalue weighted by molar-refractivity contribution is 0.145. The molecule has 5 heteroatoms.